The van der Waals surface area contributed by atoms with Gasteiger partial charge < -0.3 is 20.4 Å². The summed E-state index contributed by atoms with van der Waals surface area (Å²) in [6.07, 6.45) is 5.55. The van der Waals surface area contributed by atoms with Gasteiger partial charge in [-0.3, -0.25) is 0 Å². The summed E-state index contributed by atoms with van der Waals surface area (Å²) in [5.41, 5.74) is 1.48. The molecule has 0 aromatic rings. The number of nitrogens with one attached hydrogen (secondary N) is 2. The standard InChI is InChI=1S/C14H23N3O2/c1-14(2,3)19-13(18)17-7-5-11(6-8-17)12(9-15)10-16-4/h5,9-10,15-16H,6-8H2,1-4H3/b12-10+,15-9?. The molecule has 0 aliphatic carbocycles. The van der Waals surface area contributed by atoms with Gasteiger partial charge in [0.1, 0.15) is 5.60 Å². The Kier molecular flexibility index (Phi) is 5.15. The number of hydrogen-bond acceptors (Lipinski definition) is 4. The lowest BCUT2D eigenvalue weighted by molar-refractivity contribution is 0.0266. The molecule has 0 saturated carbocycles. The van der Waals surface area contributed by atoms with E-state index in [0.29, 0.717) is 13.1 Å². The largest absolute Gasteiger partial charge is 0.444 e. The Morgan fingerprint density at radius 2 is 2.21 bits per heavy atom. The van der Waals surface area contributed by atoms with Gasteiger partial charge in [0, 0.05) is 38.1 Å². The third-order valence-corrected chi connectivity index (χ3v) is 2.69. The highest BCUT2D eigenvalue weighted by Gasteiger charge is 2.23. The average Bonchev–Trinajstić information content (AvgIpc) is 2.34. The van der Waals surface area contributed by atoms with Crippen molar-refractivity contribution < 1.29 is 9.53 Å². The molecule has 1 aliphatic rings. The summed E-state index contributed by atoms with van der Waals surface area (Å²) in [6, 6.07) is 0. The first-order valence-electron chi connectivity index (χ1n) is 6.42. The van der Waals surface area contributed by atoms with Crippen molar-refractivity contribution in [2.45, 2.75) is 32.8 Å². The fraction of sp³-hybridized carbons (Fsp3) is 0.571. The molecule has 0 aromatic heterocycles. The number of amides is 1. The zero-order valence-corrected chi connectivity index (χ0v) is 12.1. The lowest BCUT2D eigenvalue weighted by Gasteiger charge is -2.29. The minimum atomic E-state index is -0.465. The second-order valence-corrected chi connectivity index (χ2v) is 5.44. The minimum Gasteiger partial charge on any atom is -0.444 e. The van der Waals surface area contributed by atoms with Gasteiger partial charge in [0.15, 0.2) is 0 Å². The minimum absolute atomic E-state index is 0.281. The Bertz CT molecular complexity index is 405. The molecule has 1 aliphatic heterocycles. The summed E-state index contributed by atoms with van der Waals surface area (Å²) in [4.78, 5) is 13.6. The predicted octanol–water partition coefficient (Wildman–Crippen LogP) is 2.31. The van der Waals surface area contributed by atoms with Crippen molar-refractivity contribution in [3.05, 3.63) is 23.4 Å². The highest BCUT2D eigenvalue weighted by molar-refractivity contribution is 5.82. The molecule has 1 amide bonds. The highest BCUT2D eigenvalue weighted by atomic mass is 16.6. The molecule has 5 nitrogen and oxygen atoms in total. The summed E-state index contributed by atoms with van der Waals surface area (Å²) in [5, 5.41) is 10.3. The molecule has 0 atom stereocenters. The Hall–Kier alpha value is -1.78. The van der Waals surface area contributed by atoms with Crippen molar-refractivity contribution in [2.24, 2.45) is 0 Å². The third-order valence-electron chi connectivity index (χ3n) is 2.69. The monoisotopic (exact) mass is 265 g/mol. The fourth-order valence-corrected chi connectivity index (χ4v) is 1.81. The van der Waals surface area contributed by atoms with Crippen LogP contribution in [-0.2, 0) is 4.74 Å². The van der Waals surface area contributed by atoms with E-state index in [1.165, 1.54) is 6.21 Å². The number of nitrogens with zero attached hydrogens (tertiary/aromatic N) is 1. The smallest absolute Gasteiger partial charge is 0.410 e. The van der Waals surface area contributed by atoms with Gasteiger partial charge in [-0.05, 0) is 32.8 Å². The van der Waals surface area contributed by atoms with Gasteiger partial charge in [0.2, 0.25) is 0 Å². The first-order valence-corrected chi connectivity index (χ1v) is 6.42. The Morgan fingerprint density at radius 1 is 1.53 bits per heavy atom. The van der Waals surface area contributed by atoms with Crippen LogP contribution in [-0.4, -0.2) is 42.9 Å². The van der Waals surface area contributed by atoms with E-state index in [-0.39, 0.29) is 6.09 Å². The van der Waals surface area contributed by atoms with Crippen LogP contribution in [0.3, 0.4) is 0 Å². The van der Waals surface area contributed by atoms with Crippen LogP contribution in [0.2, 0.25) is 0 Å². The number of hydrogen-bond donors (Lipinski definition) is 2. The second-order valence-electron chi connectivity index (χ2n) is 5.44. The summed E-state index contributed by atoms with van der Waals surface area (Å²) in [5.74, 6) is 0. The Labute approximate surface area is 114 Å². The summed E-state index contributed by atoms with van der Waals surface area (Å²) >= 11 is 0. The normalized spacial score (nSPS) is 16.7. The van der Waals surface area contributed by atoms with Gasteiger partial charge in [-0.1, -0.05) is 6.08 Å². The van der Waals surface area contributed by atoms with E-state index in [2.05, 4.69) is 5.32 Å². The molecule has 0 spiro atoms. The predicted molar refractivity (Wildman–Crippen MR) is 76.4 cm³/mol. The zero-order valence-electron chi connectivity index (χ0n) is 12.1. The van der Waals surface area contributed by atoms with E-state index in [0.717, 1.165) is 17.6 Å². The van der Waals surface area contributed by atoms with Gasteiger partial charge in [0.25, 0.3) is 0 Å². The van der Waals surface area contributed by atoms with Crippen molar-refractivity contribution >= 4 is 12.3 Å². The van der Waals surface area contributed by atoms with Crippen molar-refractivity contribution in [1.82, 2.24) is 10.2 Å². The van der Waals surface area contributed by atoms with Crippen LogP contribution >= 0.6 is 0 Å². The van der Waals surface area contributed by atoms with Gasteiger partial charge in [-0.15, -0.1) is 0 Å². The number of carbonyl (C=O) groups excluding carboxylic acids is 1. The summed E-state index contributed by atoms with van der Waals surface area (Å²) < 4.78 is 5.33. The Balaban J connectivity index is 2.65. The van der Waals surface area contributed by atoms with Crippen LogP contribution < -0.4 is 5.32 Å². The first-order chi connectivity index (χ1) is 8.87. The van der Waals surface area contributed by atoms with E-state index in [4.69, 9.17) is 10.1 Å². The highest BCUT2D eigenvalue weighted by Crippen LogP contribution is 2.19. The molecule has 0 saturated heterocycles. The molecule has 1 rings (SSSR count). The lowest BCUT2D eigenvalue weighted by Crippen LogP contribution is -2.39. The van der Waals surface area contributed by atoms with Crippen LogP contribution in [0.5, 0.6) is 0 Å². The van der Waals surface area contributed by atoms with Crippen molar-refractivity contribution in [2.75, 3.05) is 20.1 Å². The van der Waals surface area contributed by atoms with E-state index in [1.54, 1.807) is 18.1 Å². The number of rotatable bonds is 3. The first kappa shape index (κ1) is 15.3. The second kappa shape index (κ2) is 6.41. The van der Waals surface area contributed by atoms with E-state index in [1.807, 2.05) is 26.8 Å². The summed E-state index contributed by atoms with van der Waals surface area (Å²) in [7, 11) is 1.81. The lowest BCUT2D eigenvalue weighted by atomic mass is 10.0. The van der Waals surface area contributed by atoms with Crippen molar-refractivity contribution in [3.63, 3.8) is 0 Å². The molecule has 0 unspecified atom stereocenters. The number of ether oxygens (including phenoxy) is 1. The molecular weight excluding hydrogens is 242 g/mol. The van der Waals surface area contributed by atoms with Crippen LogP contribution in [0.15, 0.2) is 23.4 Å². The molecule has 106 valence electrons. The third kappa shape index (κ3) is 4.77. The van der Waals surface area contributed by atoms with Gasteiger partial charge in [0.05, 0.1) is 0 Å². The zero-order chi connectivity index (χ0) is 14.5. The maximum absolute atomic E-state index is 11.9. The fourth-order valence-electron chi connectivity index (χ4n) is 1.81. The quantitative estimate of drug-likeness (QED) is 0.770. The van der Waals surface area contributed by atoms with E-state index in [9.17, 15) is 4.79 Å². The molecule has 1 heterocycles. The molecule has 0 aromatic carbocycles. The van der Waals surface area contributed by atoms with Crippen LogP contribution in [0.1, 0.15) is 27.2 Å². The maximum atomic E-state index is 11.9. The van der Waals surface area contributed by atoms with Gasteiger partial charge in [-0.25, -0.2) is 4.79 Å². The summed E-state index contributed by atoms with van der Waals surface area (Å²) in [6.45, 7) is 6.73. The topological polar surface area (TPSA) is 65.4 Å². The number of carbonyl (C=O) groups is 1. The molecule has 19 heavy (non-hydrogen) atoms. The van der Waals surface area contributed by atoms with E-state index < -0.39 is 5.60 Å². The van der Waals surface area contributed by atoms with Crippen LogP contribution in [0, 0.1) is 5.41 Å². The van der Waals surface area contributed by atoms with E-state index >= 15 is 0 Å². The van der Waals surface area contributed by atoms with Crippen molar-refractivity contribution in [3.8, 4) is 0 Å². The SMILES string of the molecule is CN/C=C(\C=N)C1=CCN(C(=O)OC(C)(C)C)CC1. The molecular formula is C14H23N3O2. The Morgan fingerprint density at radius 3 is 2.63 bits per heavy atom. The van der Waals surface area contributed by atoms with Crippen molar-refractivity contribution in [1.29, 1.82) is 5.41 Å². The molecule has 5 heteroatoms. The average molecular weight is 265 g/mol. The molecule has 2 N–H and O–H groups in total. The van der Waals surface area contributed by atoms with Gasteiger partial charge >= 0.3 is 6.09 Å². The van der Waals surface area contributed by atoms with Gasteiger partial charge in [-0.2, -0.15) is 0 Å². The molecule has 0 bridgehead atoms. The van der Waals surface area contributed by atoms with Crippen LogP contribution in [0.25, 0.3) is 0 Å². The molecule has 0 radical (unpaired) electrons. The number of allylic oxidation sites excluding steroid dienone is 1. The van der Waals surface area contributed by atoms with Crippen LogP contribution in [0.4, 0.5) is 4.79 Å². The molecule has 0 fully saturated rings. The maximum Gasteiger partial charge on any atom is 0.410 e.